The van der Waals surface area contributed by atoms with Crippen molar-refractivity contribution in [2.24, 2.45) is 11.8 Å². The molecule has 0 aliphatic rings. The lowest BCUT2D eigenvalue weighted by atomic mass is 9.78. The lowest BCUT2D eigenvalue weighted by Gasteiger charge is -2.28. The van der Waals surface area contributed by atoms with E-state index in [9.17, 15) is 9.59 Å². The molecule has 0 aromatic carbocycles. The number of Topliss-reactive ketones (excluding diaryl/α,β-unsaturated/α-hetero) is 1. The van der Waals surface area contributed by atoms with Crippen LogP contribution in [0, 0.1) is 11.8 Å². The van der Waals surface area contributed by atoms with Crippen molar-refractivity contribution in [1.29, 1.82) is 0 Å². The van der Waals surface area contributed by atoms with Crippen LogP contribution < -0.4 is 0 Å². The number of hydrogen-bond acceptors (Lipinski definition) is 2. The Morgan fingerprint density at radius 1 is 0.425 bits per heavy atom. The van der Waals surface area contributed by atoms with Crippen molar-refractivity contribution in [2.75, 3.05) is 0 Å². The minimum Gasteiger partial charge on any atom is -0.481 e. The summed E-state index contributed by atoms with van der Waals surface area (Å²) in [5.74, 6) is 1.46. The van der Waals surface area contributed by atoms with E-state index < -0.39 is 5.97 Å². The zero-order chi connectivity index (χ0) is 29.5. The Kier molecular flexibility index (Phi) is 30.4. The number of hydrogen-bond donors (Lipinski definition) is 1. The molecule has 0 heterocycles. The molecule has 40 heavy (non-hydrogen) atoms. The molecule has 0 bridgehead atoms. The molecular formula is C37H72O3. The highest BCUT2D eigenvalue weighted by atomic mass is 16.4. The zero-order valence-electron chi connectivity index (χ0n) is 27.6. The van der Waals surface area contributed by atoms with Gasteiger partial charge in [0.15, 0.2) is 0 Å². The van der Waals surface area contributed by atoms with Crippen molar-refractivity contribution in [3.05, 3.63) is 0 Å². The standard InChI is InChI=1S/C37H72O3/c1-4-6-8-10-12-17-23-29-35(31-25-19-14-16-22-28-34(3)38)36(30-24-18-13-11-9-7-5-2)32-26-20-15-21-27-33-37(39)40/h35-36H,4-33H2,1-3H3,(H,39,40). The van der Waals surface area contributed by atoms with Crippen LogP contribution in [0.2, 0.25) is 0 Å². The molecule has 0 aliphatic heterocycles. The van der Waals surface area contributed by atoms with Crippen molar-refractivity contribution < 1.29 is 14.7 Å². The van der Waals surface area contributed by atoms with Gasteiger partial charge in [0.2, 0.25) is 0 Å². The molecule has 0 aromatic heterocycles. The van der Waals surface area contributed by atoms with Crippen molar-refractivity contribution >= 4 is 11.8 Å². The largest absolute Gasteiger partial charge is 0.481 e. The summed E-state index contributed by atoms with van der Waals surface area (Å²) < 4.78 is 0. The molecular weight excluding hydrogens is 492 g/mol. The van der Waals surface area contributed by atoms with Gasteiger partial charge in [0.25, 0.3) is 0 Å². The smallest absolute Gasteiger partial charge is 0.303 e. The maximum atomic E-state index is 11.2. The monoisotopic (exact) mass is 565 g/mol. The van der Waals surface area contributed by atoms with Gasteiger partial charge >= 0.3 is 5.97 Å². The van der Waals surface area contributed by atoms with Crippen LogP contribution in [-0.4, -0.2) is 16.9 Å². The Balaban J connectivity index is 4.78. The topological polar surface area (TPSA) is 54.4 Å². The summed E-state index contributed by atoms with van der Waals surface area (Å²) in [5, 5.41) is 8.90. The number of carbonyl (C=O) groups is 2. The van der Waals surface area contributed by atoms with Crippen LogP contribution in [0.5, 0.6) is 0 Å². The number of unbranched alkanes of at least 4 members (excludes halogenated alkanes) is 20. The maximum Gasteiger partial charge on any atom is 0.303 e. The van der Waals surface area contributed by atoms with Gasteiger partial charge < -0.3 is 9.90 Å². The summed E-state index contributed by atoms with van der Waals surface area (Å²) in [6.07, 6.45) is 38.3. The highest BCUT2D eigenvalue weighted by Crippen LogP contribution is 2.33. The van der Waals surface area contributed by atoms with Crippen molar-refractivity contribution in [3.8, 4) is 0 Å². The van der Waals surface area contributed by atoms with E-state index in [1.54, 1.807) is 6.92 Å². The van der Waals surface area contributed by atoms with E-state index in [0.29, 0.717) is 12.2 Å². The molecule has 0 radical (unpaired) electrons. The predicted octanol–water partition coefficient (Wildman–Crippen LogP) is 12.6. The highest BCUT2D eigenvalue weighted by Gasteiger charge is 2.20. The van der Waals surface area contributed by atoms with E-state index in [1.165, 1.54) is 161 Å². The van der Waals surface area contributed by atoms with Crippen LogP contribution in [0.3, 0.4) is 0 Å². The number of aliphatic carboxylic acids is 1. The first-order valence-electron chi connectivity index (χ1n) is 18.2. The molecule has 0 saturated heterocycles. The summed E-state index contributed by atoms with van der Waals surface area (Å²) >= 11 is 0. The maximum absolute atomic E-state index is 11.2. The lowest BCUT2D eigenvalue weighted by molar-refractivity contribution is -0.137. The normalized spacial score (nSPS) is 13.0. The van der Waals surface area contributed by atoms with Gasteiger partial charge in [-0.2, -0.15) is 0 Å². The quantitative estimate of drug-likeness (QED) is 0.0806. The molecule has 1 N–H and O–H groups in total. The second kappa shape index (κ2) is 31.1. The van der Waals surface area contributed by atoms with Gasteiger partial charge in [-0.05, 0) is 31.6 Å². The number of carbonyl (C=O) groups excluding carboxylic acids is 1. The molecule has 0 aromatic rings. The number of ketones is 1. The Morgan fingerprint density at radius 2 is 0.700 bits per heavy atom. The second-order valence-corrected chi connectivity index (χ2v) is 13.0. The first kappa shape index (κ1) is 39.1. The summed E-state index contributed by atoms with van der Waals surface area (Å²) in [4.78, 5) is 22.0. The van der Waals surface area contributed by atoms with Crippen LogP contribution in [-0.2, 0) is 9.59 Å². The average Bonchev–Trinajstić information content (AvgIpc) is 2.92. The van der Waals surface area contributed by atoms with E-state index in [1.807, 2.05) is 0 Å². The van der Waals surface area contributed by atoms with Crippen molar-refractivity contribution in [2.45, 2.75) is 213 Å². The molecule has 2 atom stereocenters. The van der Waals surface area contributed by atoms with E-state index in [2.05, 4.69) is 13.8 Å². The van der Waals surface area contributed by atoms with E-state index >= 15 is 0 Å². The molecule has 3 nitrogen and oxygen atoms in total. The molecule has 0 aliphatic carbocycles. The summed E-state index contributed by atoms with van der Waals surface area (Å²) in [6.45, 7) is 6.32. The minimum absolute atomic E-state index is 0.330. The van der Waals surface area contributed by atoms with E-state index in [0.717, 1.165) is 37.5 Å². The van der Waals surface area contributed by atoms with Crippen LogP contribution >= 0.6 is 0 Å². The Bertz CT molecular complexity index is 496. The van der Waals surface area contributed by atoms with Crippen LogP contribution in [0.4, 0.5) is 0 Å². The molecule has 0 fully saturated rings. The predicted molar refractivity (Wildman–Crippen MR) is 175 cm³/mol. The van der Waals surface area contributed by atoms with Gasteiger partial charge in [0.05, 0.1) is 0 Å². The van der Waals surface area contributed by atoms with Gasteiger partial charge in [-0.15, -0.1) is 0 Å². The summed E-state index contributed by atoms with van der Waals surface area (Å²) in [7, 11) is 0. The Hall–Kier alpha value is -0.860. The third kappa shape index (κ3) is 28.7. The molecule has 0 amide bonds. The Labute approximate surface area is 251 Å². The van der Waals surface area contributed by atoms with Crippen LogP contribution in [0.1, 0.15) is 213 Å². The van der Waals surface area contributed by atoms with Crippen molar-refractivity contribution in [3.63, 3.8) is 0 Å². The number of rotatable bonds is 33. The van der Waals surface area contributed by atoms with Gasteiger partial charge in [-0.1, -0.05) is 181 Å². The molecule has 0 rings (SSSR count). The first-order chi connectivity index (χ1) is 19.5. The van der Waals surface area contributed by atoms with Gasteiger partial charge in [-0.25, -0.2) is 0 Å². The van der Waals surface area contributed by atoms with Gasteiger partial charge in [0, 0.05) is 12.8 Å². The van der Waals surface area contributed by atoms with E-state index in [4.69, 9.17) is 5.11 Å². The molecule has 2 unspecified atom stereocenters. The highest BCUT2D eigenvalue weighted by molar-refractivity contribution is 5.75. The van der Waals surface area contributed by atoms with Crippen LogP contribution in [0.25, 0.3) is 0 Å². The number of carboxylic acids is 1. The molecule has 0 spiro atoms. The fourth-order valence-electron chi connectivity index (χ4n) is 6.48. The van der Waals surface area contributed by atoms with Crippen molar-refractivity contribution in [1.82, 2.24) is 0 Å². The zero-order valence-corrected chi connectivity index (χ0v) is 27.6. The molecule has 0 saturated carbocycles. The third-order valence-electron chi connectivity index (χ3n) is 9.09. The van der Waals surface area contributed by atoms with Crippen LogP contribution in [0.15, 0.2) is 0 Å². The van der Waals surface area contributed by atoms with Gasteiger partial charge in [-0.3, -0.25) is 4.79 Å². The Morgan fingerprint density at radius 3 is 1.00 bits per heavy atom. The van der Waals surface area contributed by atoms with Gasteiger partial charge in [0.1, 0.15) is 5.78 Å². The SMILES string of the molecule is CCCCCCCCCC(CCCCCCCC(C)=O)C(CCCCCCCCC)CCCCCCCC(=O)O. The average molecular weight is 565 g/mol. The summed E-state index contributed by atoms with van der Waals surface area (Å²) in [6, 6.07) is 0. The second-order valence-electron chi connectivity index (χ2n) is 13.0. The fraction of sp³-hybridized carbons (Fsp3) is 0.946. The third-order valence-corrected chi connectivity index (χ3v) is 9.09. The summed E-state index contributed by atoms with van der Waals surface area (Å²) in [5.41, 5.74) is 0. The van der Waals surface area contributed by atoms with E-state index in [-0.39, 0.29) is 0 Å². The first-order valence-corrected chi connectivity index (χ1v) is 18.2. The minimum atomic E-state index is -0.651. The molecule has 238 valence electrons. The fourth-order valence-corrected chi connectivity index (χ4v) is 6.48. The molecule has 3 heteroatoms. The number of carboxylic acid groups (broad SMARTS) is 1. The lowest BCUT2D eigenvalue weighted by Crippen LogP contribution is -2.16.